The number of methoxy groups -OCH3 is 2. The molecule has 11 heteroatoms. The van der Waals surface area contributed by atoms with Crippen molar-refractivity contribution in [1.29, 1.82) is 0 Å². The molecule has 3 aromatic rings. The molecular weight excluding hydrogens is 706 g/mol. The van der Waals surface area contributed by atoms with E-state index in [4.69, 9.17) is 42.1 Å². The van der Waals surface area contributed by atoms with Gasteiger partial charge in [0.1, 0.15) is 18.0 Å². The van der Waals surface area contributed by atoms with Crippen molar-refractivity contribution in [3.8, 4) is 11.5 Å². The molecule has 4 unspecified atom stereocenters. The molecule has 1 N–H and O–H groups in total. The Kier molecular flexibility index (Phi) is 11.9. The van der Waals surface area contributed by atoms with Crippen LogP contribution in [0.25, 0.3) is 0 Å². The Labute approximate surface area is 314 Å². The molecule has 3 fully saturated rings. The largest absolute Gasteiger partial charge is 0.493 e. The van der Waals surface area contributed by atoms with Gasteiger partial charge in [0.25, 0.3) is 0 Å². The van der Waals surface area contributed by atoms with Crippen LogP contribution in [0.4, 0.5) is 10.1 Å². The van der Waals surface area contributed by atoms with Gasteiger partial charge in [-0.1, -0.05) is 66.0 Å². The lowest BCUT2D eigenvalue weighted by Gasteiger charge is -2.44. The molecule has 1 aliphatic carbocycles. The summed E-state index contributed by atoms with van der Waals surface area (Å²) in [5.41, 5.74) is 3.59. The van der Waals surface area contributed by atoms with Gasteiger partial charge in [0.15, 0.2) is 17.5 Å². The van der Waals surface area contributed by atoms with Crippen LogP contribution >= 0.6 is 23.2 Å². The molecule has 3 aromatic carbocycles. The second kappa shape index (κ2) is 16.6. The lowest BCUT2D eigenvalue weighted by Crippen LogP contribution is -2.52. The number of nitrogens with zero attached hydrogens (tertiary/aromatic N) is 1. The highest BCUT2D eigenvalue weighted by atomic mass is 35.5. The molecule has 4 atom stereocenters. The number of rotatable bonds is 12. The normalized spacial score (nSPS) is 22.4. The number of halogens is 3. The Morgan fingerprint density at radius 3 is 2.35 bits per heavy atom. The van der Waals surface area contributed by atoms with Crippen LogP contribution in [-0.4, -0.2) is 56.8 Å². The fraction of sp³-hybridized carbons (Fsp3) is 0.366. The number of nitrogens with one attached hydrogen (secondary N) is 1. The van der Waals surface area contributed by atoms with Crippen molar-refractivity contribution >= 4 is 40.8 Å². The smallest absolute Gasteiger partial charge is 0.338 e. The van der Waals surface area contributed by atoms with E-state index >= 15 is 0 Å². The quantitative estimate of drug-likeness (QED) is 0.184. The number of piperidine rings is 3. The van der Waals surface area contributed by atoms with Gasteiger partial charge >= 0.3 is 11.9 Å². The summed E-state index contributed by atoms with van der Waals surface area (Å²) >= 11 is 13.6. The molecule has 0 radical (unpaired) electrons. The number of carbonyl (C=O) groups excluding carboxylic acids is 2. The van der Waals surface area contributed by atoms with E-state index in [2.05, 4.69) is 10.2 Å². The number of hydrogen-bond acceptors (Lipinski definition) is 8. The van der Waals surface area contributed by atoms with E-state index < -0.39 is 29.9 Å². The first kappa shape index (κ1) is 37.4. The topological polar surface area (TPSA) is 86.3 Å². The molecule has 3 saturated heterocycles. The van der Waals surface area contributed by atoms with E-state index in [-0.39, 0.29) is 24.0 Å². The van der Waals surface area contributed by atoms with E-state index in [0.717, 1.165) is 31.5 Å². The molecule has 274 valence electrons. The Hall–Kier alpha value is -4.31. The van der Waals surface area contributed by atoms with Gasteiger partial charge in [-0.05, 0) is 110 Å². The highest BCUT2D eigenvalue weighted by Crippen LogP contribution is 2.40. The van der Waals surface area contributed by atoms with Crippen LogP contribution in [0.15, 0.2) is 100 Å². The molecule has 4 aliphatic rings. The number of fused-ring (bicyclic) bond motifs is 3. The van der Waals surface area contributed by atoms with E-state index in [1.165, 1.54) is 19.2 Å². The average Bonchev–Trinajstić information content (AvgIpc) is 3.24. The van der Waals surface area contributed by atoms with Crippen molar-refractivity contribution in [2.24, 2.45) is 11.8 Å². The lowest BCUT2D eigenvalue weighted by molar-refractivity contribution is -0.159. The first-order valence-electron chi connectivity index (χ1n) is 17.4. The Morgan fingerprint density at radius 1 is 0.962 bits per heavy atom. The van der Waals surface area contributed by atoms with Crippen molar-refractivity contribution in [3.63, 3.8) is 0 Å². The number of anilines is 1. The van der Waals surface area contributed by atoms with Crippen LogP contribution in [0.3, 0.4) is 0 Å². The Balaban J connectivity index is 1.27. The van der Waals surface area contributed by atoms with Gasteiger partial charge in [0.05, 0.1) is 19.8 Å². The third-order valence-electron chi connectivity index (χ3n) is 10.2. The van der Waals surface area contributed by atoms with Crippen molar-refractivity contribution in [3.05, 3.63) is 123 Å². The number of esters is 2. The number of allylic oxidation sites excluding steroid dienone is 5. The average molecular weight is 750 g/mol. The summed E-state index contributed by atoms with van der Waals surface area (Å²) in [7, 11) is 3.08. The first-order chi connectivity index (χ1) is 25.0. The maximum absolute atomic E-state index is 13.9. The standard InChI is InChI=1S/C41H43Cl2FN2O6/c1-24-18-33(42)32(34(43)19-25(24)2)22-36(28-10-13-35(49-3)37(21-28)50-4)51-40(47)29-6-5-7-31(20-29)45-39(27-8-11-30(44)12-9-27)41(48)52-38-23-46-16-14-26(38)15-17-46/h5-13,18-21,24,26,36,38-39,45H,14-17,22-23H2,1-4H3. The number of benzene rings is 3. The molecule has 3 aliphatic heterocycles. The minimum Gasteiger partial charge on any atom is -0.493 e. The van der Waals surface area contributed by atoms with Crippen LogP contribution in [0.2, 0.25) is 0 Å². The van der Waals surface area contributed by atoms with Crippen LogP contribution in [0.1, 0.15) is 66.7 Å². The van der Waals surface area contributed by atoms with Crippen molar-refractivity contribution in [1.82, 2.24) is 4.90 Å². The van der Waals surface area contributed by atoms with Gasteiger partial charge in [-0.25, -0.2) is 14.0 Å². The minimum atomic E-state index is -0.945. The highest BCUT2D eigenvalue weighted by molar-refractivity contribution is 6.36. The van der Waals surface area contributed by atoms with Gasteiger partial charge < -0.3 is 24.3 Å². The van der Waals surface area contributed by atoms with Gasteiger partial charge in [-0.2, -0.15) is 0 Å². The Morgan fingerprint density at radius 2 is 1.67 bits per heavy atom. The molecule has 0 aromatic heterocycles. The molecular formula is C41H43Cl2FN2O6. The molecule has 3 heterocycles. The second-order valence-corrected chi connectivity index (χ2v) is 14.4. The number of carbonyl (C=O) groups is 2. The van der Waals surface area contributed by atoms with Crippen molar-refractivity contribution in [2.45, 2.75) is 51.4 Å². The van der Waals surface area contributed by atoms with Gasteiger partial charge in [-0.3, -0.25) is 4.90 Å². The maximum Gasteiger partial charge on any atom is 0.338 e. The van der Waals surface area contributed by atoms with Crippen LogP contribution in [-0.2, 0) is 14.3 Å². The zero-order valence-electron chi connectivity index (χ0n) is 29.7. The fourth-order valence-electron chi connectivity index (χ4n) is 6.94. The van der Waals surface area contributed by atoms with E-state index in [9.17, 15) is 14.0 Å². The summed E-state index contributed by atoms with van der Waals surface area (Å²) in [6, 6.07) is 16.8. The first-order valence-corrected chi connectivity index (χ1v) is 18.2. The summed E-state index contributed by atoms with van der Waals surface area (Å²) in [4.78, 5) is 30.0. The third-order valence-corrected chi connectivity index (χ3v) is 10.9. The zero-order chi connectivity index (χ0) is 36.9. The monoisotopic (exact) mass is 748 g/mol. The molecule has 7 rings (SSSR count). The molecule has 0 spiro atoms. The predicted molar refractivity (Wildman–Crippen MR) is 200 cm³/mol. The Bertz CT molecular complexity index is 1890. The molecule has 52 heavy (non-hydrogen) atoms. The van der Waals surface area contributed by atoms with E-state index in [1.807, 2.05) is 26.0 Å². The number of hydrogen-bond donors (Lipinski definition) is 1. The highest BCUT2D eigenvalue weighted by Gasteiger charge is 2.38. The predicted octanol–water partition coefficient (Wildman–Crippen LogP) is 9.13. The maximum atomic E-state index is 13.9. The van der Waals surface area contributed by atoms with Crippen molar-refractivity contribution < 1.29 is 32.9 Å². The van der Waals surface area contributed by atoms with Gasteiger partial charge in [-0.15, -0.1) is 0 Å². The van der Waals surface area contributed by atoms with Crippen LogP contribution in [0.5, 0.6) is 11.5 Å². The van der Waals surface area contributed by atoms with E-state index in [0.29, 0.717) is 56.4 Å². The van der Waals surface area contributed by atoms with Crippen LogP contribution < -0.4 is 14.8 Å². The number of ether oxygens (including phenoxy) is 4. The summed E-state index contributed by atoms with van der Waals surface area (Å²) in [6.45, 7) is 6.75. The summed E-state index contributed by atoms with van der Waals surface area (Å²) in [5, 5.41) is 4.19. The third kappa shape index (κ3) is 8.65. The summed E-state index contributed by atoms with van der Waals surface area (Å²) < 4.78 is 37.2. The molecule has 0 amide bonds. The minimum absolute atomic E-state index is 0.0719. The molecule has 2 bridgehead atoms. The van der Waals surface area contributed by atoms with Crippen LogP contribution in [0, 0.1) is 17.7 Å². The summed E-state index contributed by atoms with van der Waals surface area (Å²) in [5.74, 6) is -0.114. The van der Waals surface area contributed by atoms with Gasteiger partial charge in [0.2, 0.25) is 0 Å². The zero-order valence-corrected chi connectivity index (χ0v) is 31.2. The van der Waals surface area contributed by atoms with Crippen molar-refractivity contribution in [2.75, 3.05) is 39.2 Å². The molecule has 8 nitrogen and oxygen atoms in total. The second-order valence-electron chi connectivity index (χ2n) is 13.6. The SMILES string of the molecule is COc1ccc(C(CC2=C(Cl)C=C(C)C(C)C=C2Cl)OC(=O)c2cccc(NC(C(=O)OC3CN4CCC3CC4)c3ccc(F)cc3)c2)cc1OC. The summed E-state index contributed by atoms with van der Waals surface area (Å²) in [6.07, 6.45) is 4.94. The lowest BCUT2D eigenvalue weighted by atomic mass is 9.86. The van der Waals surface area contributed by atoms with E-state index in [1.54, 1.807) is 61.7 Å². The van der Waals surface area contributed by atoms with Gasteiger partial charge in [0, 0.05) is 28.7 Å². The fourth-order valence-corrected chi connectivity index (χ4v) is 7.71. The molecule has 0 saturated carbocycles.